The number of fused-ring (bicyclic) bond motifs is 1. The van der Waals surface area contributed by atoms with Gasteiger partial charge in [-0.15, -0.1) is 0 Å². The van der Waals surface area contributed by atoms with Crippen LogP contribution in [-0.2, 0) is 4.74 Å². The molecule has 3 rings (SSSR count). The summed E-state index contributed by atoms with van der Waals surface area (Å²) in [6.45, 7) is 6.05. The van der Waals surface area contributed by atoms with Crippen molar-refractivity contribution in [2.75, 3.05) is 0 Å². The van der Waals surface area contributed by atoms with E-state index in [2.05, 4.69) is 12.2 Å². The topological polar surface area (TPSA) is 26.3 Å². The number of benzene rings is 1. The fraction of sp³-hybridized carbons (Fsp3) is 0.389. The van der Waals surface area contributed by atoms with Crippen LogP contribution in [0.2, 0.25) is 0 Å². The molecular weight excluding hydrogens is 248 g/mol. The van der Waals surface area contributed by atoms with Crippen molar-refractivity contribution in [2.24, 2.45) is 17.8 Å². The highest BCUT2D eigenvalue weighted by molar-refractivity contribution is 5.90. The summed E-state index contributed by atoms with van der Waals surface area (Å²) >= 11 is 0. The van der Waals surface area contributed by atoms with Crippen LogP contribution in [0, 0.1) is 24.7 Å². The first kappa shape index (κ1) is 13.2. The van der Waals surface area contributed by atoms with Gasteiger partial charge in [0.1, 0.15) is 5.76 Å². The van der Waals surface area contributed by atoms with Crippen LogP contribution in [0.5, 0.6) is 0 Å². The second-order valence-corrected chi connectivity index (χ2v) is 6.05. The Morgan fingerprint density at radius 1 is 1.20 bits per heavy atom. The van der Waals surface area contributed by atoms with Crippen LogP contribution in [0.25, 0.3) is 0 Å². The normalized spacial score (nSPS) is 26.1. The molecule has 2 aliphatic carbocycles. The zero-order chi connectivity index (χ0) is 14.3. The Morgan fingerprint density at radius 3 is 2.45 bits per heavy atom. The average Bonchev–Trinajstić information content (AvgIpc) is 2.88. The standard InChI is InChI=1S/C18H20O2/c1-11(2)17(16-14-5-4-6-15(14)16)20-18(19)13-9-7-12(3)8-10-13/h4-5,7-10,14-16H,6H2,1-3H3/t14-,15+,16-/m1/s1. The summed E-state index contributed by atoms with van der Waals surface area (Å²) < 4.78 is 5.70. The van der Waals surface area contributed by atoms with Crippen molar-refractivity contribution >= 4 is 5.97 Å². The third-order valence-corrected chi connectivity index (χ3v) is 4.28. The number of allylic oxidation sites excluding steroid dienone is 4. The van der Waals surface area contributed by atoms with Crippen LogP contribution < -0.4 is 0 Å². The molecule has 0 amide bonds. The van der Waals surface area contributed by atoms with Gasteiger partial charge in [-0.25, -0.2) is 4.79 Å². The van der Waals surface area contributed by atoms with E-state index in [1.165, 1.54) is 0 Å². The van der Waals surface area contributed by atoms with Crippen molar-refractivity contribution in [2.45, 2.75) is 27.2 Å². The highest BCUT2D eigenvalue weighted by Gasteiger charge is 2.53. The lowest BCUT2D eigenvalue weighted by atomic mass is 10.1. The van der Waals surface area contributed by atoms with Gasteiger partial charge in [0.05, 0.1) is 5.56 Å². The minimum Gasteiger partial charge on any atom is -0.427 e. The van der Waals surface area contributed by atoms with E-state index >= 15 is 0 Å². The monoisotopic (exact) mass is 268 g/mol. The van der Waals surface area contributed by atoms with Gasteiger partial charge in [-0.05, 0) is 56.7 Å². The molecule has 1 saturated carbocycles. The number of rotatable bonds is 3. The number of esters is 1. The van der Waals surface area contributed by atoms with E-state index in [0.717, 1.165) is 23.3 Å². The minimum absolute atomic E-state index is 0.241. The van der Waals surface area contributed by atoms with Crippen molar-refractivity contribution in [1.29, 1.82) is 0 Å². The summed E-state index contributed by atoms with van der Waals surface area (Å²) in [6.07, 6.45) is 5.61. The summed E-state index contributed by atoms with van der Waals surface area (Å²) in [4.78, 5) is 12.2. The molecule has 2 nitrogen and oxygen atoms in total. The van der Waals surface area contributed by atoms with Crippen LogP contribution in [0.1, 0.15) is 36.2 Å². The van der Waals surface area contributed by atoms with Crippen molar-refractivity contribution in [3.05, 3.63) is 58.9 Å². The van der Waals surface area contributed by atoms with Gasteiger partial charge in [0.2, 0.25) is 0 Å². The molecule has 2 aliphatic rings. The molecule has 1 fully saturated rings. The molecule has 3 atom stereocenters. The molecule has 0 spiro atoms. The summed E-state index contributed by atoms with van der Waals surface area (Å²) in [5.74, 6) is 2.31. The minimum atomic E-state index is -0.241. The first-order chi connectivity index (χ1) is 9.58. The summed E-state index contributed by atoms with van der Waals surface area (Å²) in [5, 5.41) is 0. The van der Waals surface area contributed by atoms with Crippen molar-refractivity contribution < 1.29 is 9.53 Å². The van der Waals surface area contributed by atoms with Gasteiger partial charge in [0.25, 0.3) is 0 Å². The van der Waals surface area contributed by atoms with Gasteiger partial charge < -0.3 is 4.74 Å². The number of carbonyl (C=O) groups is 1. The Balaban J connectivity index is 1.75. The van der Waals surface area contributed by atoms with E-state index < -0.39 is 0 Å². The zero-order valence-electron chi connectivity index (χ0n) is 12.2. The van der Waals surface area contributed by atoms with E-state index in [0.29, 0.717) is 23.3 Å². The fourth-order valence-electron chi connectivity index (χ4n) is 3.08. The Bertz CT molecular complexity index is 588. The fourth-order valence-corrected chi connectivity index (χ4v) is 3.08. The Kier molecular flexibility index (Phi) is 3.25. The summed E-state index contributed by atoms with van der Waals surface area (Å²) in [5.41, 5.74) is 2.87. The summed E-state index contributed by atoms with van der Waals surface area (Å²) in [6, 6.07) is 7.53. The molecule has 1 aromatic rings. The molecule has 20 heavy (non-hydrogen) atoms. The number of hydrogen-bond acceptors (Lipinski definition) is 2. The van der Waals surface area contributed by atoms with Crippen molar-refractivity contribution in [3.63, 3.8) is 0 Å². The average molecular weight is 268 g/mol. The third kappa shape index (κ3) is 2.31. The van der Waals surface area contributed by atoms with Gasteiger partial charge in [0, 0.05) is 5.92 Å². The van der Waals surface area contributed by atoms with Gasteiger partial charge in [-0.2, -0.15) is 0 Å². The second kappa shape index (κ2) is 4.93. The first-order valence-corrected chi connectivity index (χ1v) is 7.21. The van der Waals surface area contributed by atoms with Crippen LogP contribution in [-0.4, -0.2) is 5.97 Å². The quantitative estimate of drug-likeness (QED) is 0.465. The van der Waals surface area contributed by atoms with Crippen molar-refractivity contribution in [3.8, 4) is 0 Å². The zero-order valence-corrected chi connectivity index (χ0v) is 12.2. The van der Waals surface area contributed by atoms with Gasteiger partial charge in [0.15, 0.2) is 0 Å². The number of aryl methyl sites for hydroxylation is 1. The second-order valence-electron chi connectivity index (χ2n) is 6.05. The van der Waals surface area contributed by atoms with Gasteiger partial charge in [-0.1, -0.05) is 29.8 Å². The predicted octanol–water partition coefficient (Wildman–Crippen LogP) is 4.27. The largest absolute Gasteiger partial charge is 0.427 e. The van der Waals surface area contributed by atoms with E-state index in [-0.39, 0.29) is 5.97 Å². The molecule has 0 radical (unpaired) electrons. The van der Waals surface area contributed by atoms with Crippen LogP contribution in [0.15, 0.2) is 47.7 Å². The summed E-state index contributed by atoms with van der Waals surface area (Å²) in [7, 11) is 0. The number of carbonyl (C=O) groups excluding carboxylic acids is 1. The lowest BCUT2D eigenvalue weighted by Crippen LogP contribution is -2.09. The highest BCUT2D eigenvalue weighted by Crippen LogP contribution is 2.58. The van der Waals surface area contributed by atoms with E-state index in [4.69, 9.17) is 4.74 Å². The third-order valence-electron chi connectivity index (χ3n) is 4.28. The smallest absolute Gasteiger partial charge is 0.343 e. The number of ether oxygens (including phenoxy) is 1. The van der Waals surface area contributed by atoms with E-state index in [1.54, 1.807) is 0 Å². The van der Waals surface area contributed by atoms with Gasteiger partial charge >= 0.3 is 5.97 Å². The molecule has 0 saturated heterocycles. The predicted molar refractivity (Wildman–Crippen MR) is 79.2 cm³/mol. The highest BCUT2D eigenvalue weighted by atomic mass is 16.5. The maximum atomic E-state index is 12.2. The maximum Gasteiger partial charge on any atom is 0.343 e. The molecule has 0 aliphatic heterocycles. The first-order valence-electron chi connectivity index (χ1n) is 7.21. The maximum absolute atomic E-state index is 12.2. The van der Waals surface area contributed by atoms with Crippen LogP contribution in [0.3, 0.4) is 0 Å². The molecule has 0 bridgehead atoms. The molecule has 2 heteroatoms. The Hall–Kier alpha value is -1.83. The lowest BCUT2D eigenvalue weighted by molar-refractivity contribution is 0.0599. The molecule has 0 aromatic heterocycles. The molecular formula is C18H20O2. The Labute approximate surface area is 120 Å². The van der Waals surface area contributed by atoms with E-state index in [1.807, 2.05) is 45.0 Å². The Morgan fingerprint density at radius 2 is 1.90 bits per heavy atom. The molecule has 0 unspecified atom stereocenters. The molecule has 0 N–H and O–H groups in total. The van der Waals surface area contributed by atoms with E-state index in [9.17, 15) is 4.79 Å². The molecule has 1 aromatic carbocycles. The van der Waals surface area contributed by atoms with Crippen LogP contribution in [0.4, 0.5) is 0 Å². The molecule has 104 valence electrons. The lowest BCUT2D eigenvalue weighted by Gasteiger charge is -2.12. The molecule has 0 heterocycles. The van der Waals surface area contributed by atoms with Crippen molar-refractivity contribution in [1.82, 2.24) is 0 Å². The van der Waals surface area contributed by atoms with Gasteiger partial charge in [-0.3, -0.25) is 0 Å². The number of hydrogen-bond donors (Lipinski definition) is 0. The van der Waals surface area contributed by atoms with Crippen LogP contribution >= 0.6 is 0 Å². The SMILES string of the molecule is CC(C)=C(OC(=O)c1ccc(C)cc1)[C@@H]1[C@@H]2C=CC[C@@H]21.